The number of nitrogen functional groups attached to an aromatic ring is 2. The Hall–Kier alpha value is -1.55. The fourth-order valence-electron chi connectivity index (χ4n) is 1.55. The fraction of sp³-hybridized carbons (Fsp3) is 0.0909. The molecule has 2 aromatic rings. The van der Waals surface area contributed by atoms with Gasteiger partial charge in [0, 0.05) is 44.1 Å². The van der Waals surface area contributed by atoms with Crippen LogP contribution < -0.4 is 11.5 Å². The summed E-state index contributed by atoms with van der Waals surface area (Å²) >= 11 is 0. The first-order valence-corrected chi connectivity index (χ1v) is 6.06. The zero-order chi connectivity index (χ0) is 11.0. The van der Waals surface area contributed by atoms with Gasteiger partial charge in [-0.15, -0.1) is 0 Å². The number of benzene rings is 2. The second kappa shape index (κ2) is 3.55. The lowest BCUT2D eigenvalue weighted by atomic mass is 10.1. The van der Waals surface area contributed by atoms with Gasteiger partial charge in [-0.3, -0.25) is 4.21 Å². The molecule has 0 fully saturated rings. The molecule has 0 spiro atoms. The molecule has 4 heteroatoms. The maximum Gasteiger partial charge on any atom is 0.0498 e. The predicted molar refractivity (Wildman–Crippen MR) is 65.1 cm³/mol. The molecule has 0 aliphatic heterocycles. The smallest absolute Gasteiger partial charge is 0.0498 e. The number of fused-ring (bicyclic) bond motifs is 1. The van der Waals surface area contributed by atoms with Crippen molar-refractivity contribution in [2.24, 2.45) is 0 Å². The van der Waals surface area contributed by atoms with Crippen LogP contribution in [0.15, 0.2) is 35.2 Å². The van der Waals surface area contributed by atoms with Crippen molar-refractivity contribution >= 4 is 32.9 Å². The molecule has 2 aromatic carbocycles. The summed E-state index contributed by atoms with van der Waals surface area (Å²) in [6.07, 6.45) is 1.64. The highest BCUT2D eigenvalue weighted by Gasteiger charge is 2.04. The van der Waals surface area contributed by atoms with Gasteiger partial charge >= 0.3 is 0 Å². The Morgan fingerprint density at radius 2 is 1.60 bits per heavy atom. The van der Waals surface area contributed by atoms with E-state index >= 15 is 0 Å². The van der Waals surface area contributed by atoms with E-state index in [0.29, 0.717) is 11.4 Å². The van der Waals surface area contributed by atoms with Crippen LogP contribution in [0.5, 0.6) is 0 Å². The Kier molecular flexibility index (Phi) is 2.36. The van der Waals surface area contributed by atoms with Crippen LogP contribution in [-0.2, 0) is 10.8 Å². The topological polar surface area (TPSA) is 69.1 Å². The molecule has 0 amide bonds. The van der Waals surface area contributed by atoms with E-state index in [9.17, 15) is 4.21 Å². The Labute approximate surface area is 90.5 Å². The molecule has 2 rings (SSSR count). The lowest BCUT2D eigenvalue weighted by Gasteiger charge is -2.06. The van der Waals surface area contributed by atoms with Crippen molar-refractivity contribution in [1.82, 2.24) is 0 Å². The summed E-state index contributed by atoms with van der Waals surface area (Å²) in [5.74, 6) is 0. The second-order valence-corrected chi connectivity index (χ2v) is 4.79. The van der Waals surface area contributed by atoms with Crippen molar-refractivity contribution in [1.29, 1.82) is 0 Å². The lowest BCUT2D eigenvalue weighted by Crippen LogP contribution is -1.94. The highest BCUT2D eigenvalue weighted by Crippen LogP contribution is 2.28. The van der Waals surface area contributed by atoms with Crippen LogP contribution in [0.3, 0.4) is 0 Å². The van der Waals surface area contributed by atoms with E-state index in [2.05, 4.69) is 0 Å². The fourth-order valence-corrected chi connectivity index (χ4v) is 2.10. The van der Waals surface area contributed by atoms with E-state index in [1.54, 1.807) is 18.4 Å². The molecule has 1 atom stereocenters. The molecule has 1 unspecified atom stereocenters. The number of hydrogen-bond donors (Lipinski definition) is 2. The molecule has 0 saturated heterocycles. The van der Waals surface area contributed by atoms with Crippen molar-refractivity contribution in [3.05, 3.63) is 30.3 Å². The molecule has 0 aromatic heterocycles. The van der Waals surface area contributed by atoms with Crippen LogP contribution in [0.25, 0.3) is 10.8 Å². The van der Waals surface area contributed by atoms with E-state index in [4.69, 9.17) is 11.5 Å². The van der Waals surface area contributed by atoms with Gasteiger partial charge in [-0.2, -0.15) is 0 Å². The van der Waals surface area contributed by atoms with Crippen LogP contribution in [0.4, 0.5) is 11.4 Å². The standard InChI is InChI=1S/C11H12N2OS/c1-15(14)7-2-3-8-9(6-7)11(13)5-4-10(8)12/h2-6H,12-13H2,1H3. The van der Waals surface area contributed by atoms with Gasteiger partial charge < -0.3 is 11.5 Å². The molecule has 0 heterocycles. The molecule has 0 radical (unpaired) electrons. The number of rotatable bonds is 1. The number of nitrogens with two attached hydrogens (primary N) is 2. The molecule has 4 N–H and O–H groups in total. The van der Waals surface area contributed by atoms with Gasteiger partial charge in [0.2, 0.25) is 0 Å². The van der Waals surface area contributed by atoms with E-state index in [-0.39, 0.29) is 0 Å². The first-order chi connectivity index (χ1) is 7.09. The van der Waals surface area contributed by atoms with Crippen molar-refractivity contribution in [2.45, 2.75) is 4.90 Å². The molecule has 3 nitrogen and oxygen atoms in total. The van der Waals surface area contributed by atoms with Gasteiger partial charge in [-0.25, -0.2) is 0 Å². The minimum Gasteiger partial charge on any atom is -0.398 e. The summed E-state index contributed by atoms with van der Waals surface area (Å²) < 4.78 is 11.3. The molecular weight excluding hydrogens is 208 g/mol. The quantitative estimate of drug-likeness (QED) is 0.719. The SMILES string of the molecule is CS(=O)c1ccc2c(N)ccc(N)c2c1. The number of anilines is 2. The molecule has 0 saturated carbocycles. The van der Waals surface area contributed by atoms with Crippen LogP contribution in [0.1, 0.15) is 0 Å². The monoisotopic (exact) mass is 220 g/mol. The largest absolute Gasteiger partial charge is 0.398 e. The van der Waals surface area contributed by atoms with Crippen molar-refractivity contribution < 1.29 is 4.21 Å². The Balaban J connectivity index is 2.81. The summed E-state index contributed by atoms with van der Waals surface area (Å²) in [6.45, 7) is 0. The van der Waals surface area contributed by atoms with Gasteiger partial charge in [-0.05, 0) is 24.3 Å². The minimum atomic E-state index is -0.996. The summed E-state index contributed by atoms with van der Waals surface area (Å²) in [5.41, 5.74) is 13.0. The summed E-state index contributed by atoms with van der Waals surface area (Å²) in [5, 5.41) is 1.77. The second-order valence-electron chi connectivity index (χ2n) is 3.41. The molecule has 78 valence electrons. The first-order valence-electron chi connectivity index (χ1n) is 4.51. The third kappa shape index (κ3) is 1.68. The van der Waals surface area contributed by atoms with Crippen LogP contribution >= 0.6 is 0 Å². The maximum atomic E-state index is 11.3. The van der Waals surface area contributed by atoms with Crippen LogP contribution in [0.2, 0.25) is 0 Å². The van der Waals surface area contributed by atoms with Crippen molar-refractivity contribution in [3.8, 4) is 0 Å². The van der Waals surface area contributed by atoms with Crippen molar-refractivity contribution in [2.75, 3.05) is 17.7 Å². The van der Waals surface area contributed by atoms with Crippen LogP contribution in [-0.4, -0.2) is 10.5 Å². The Morgan fingerprint density at radius 1 is 1.00 bits per heavy atom. The van der Waals surface area contributed by atoms with E-state index in [1.807, 2.05) is 18.2 Å². The highest BCUT2D eigenvalue weighted by atomic mass is 32.2. The zero-order valence-corrected chi connectivity index (χ0v) is 9.17. The third-order valence-electron chi connectivity index (χ3n) is 2.39. The van der Waals surface area contributed by atoms with Crippen LogP contribution in [0, 0.1) is 0 Å². The third-order valence-corrected chi connectivity index (χ3v) is 3.31. The Morgan fingerprint density at radius 3 is 2.20 bits per heavy atom. The molecular formula is C11H12N2OS. The van der Waals surface area contributed by atoms with Gasteiger partial charge in [0.05, 0.1) is 0 Å². The molecule has 15 heavy (non-hydrogen) atoms. The summed E-state index contributed by atoms with van der Waals surface area (Å²) in [7, 11) is -0.996. The van der Waals surface area contributed by atoms with E-state index in [0.717, 1.165) is 15.7 Å². The van der Waals surface area contributed by atoms with Gasteiger partial charge in [0.15, 0.2) is 0 Å². The molecule has 0 aliphatic rings. The average molecular weight is 220 g/mol. The van der Waals surface area contributed by atoms with Gasteiger partial charge in [0.1, 0.15) is 0 Å². The number of hydrogen-bond acceptors (Lipinski definition) is 3. The maximum absolute atomic E-state index is 11.3. The van der Waals surface area contributed by atoms with Gasteiger partial charge in [0.25, 0.3) is 0 Å². The molecule has 0 aliphatic carbocycles. The van der Waals surface area contributed by atoms with E-state index < -0.39 is 10.8 Å². The molecule has 0 bridgehead atoms. The van der Waals surface area contributed by atoms with Crippen molar-refractivity contribution in [3.63, 3.8) is 0 Å². The summed E-state index contributed by atoms with van der Waals surface area (Å²) in [6, 6.07) is 9.05. The Bertz CT molecular complexity index is 552. The average Bonchev–Trinajstić information content (AvgIpc) is 2.23. The normalized spacial score (nSPS) is 12.9. The van der Waals surface area contributed by atoms with Gasteiger partial charge in [-0.1, -0.05) is 6.07 Å². The zero-order valence-electron chi connectivity index (χ0n) is 8.36. The first kappa shape index (κ1) is 9.98. The summed E-state index contributed by atoms with van der Waals surface area (Å²) in [4.78, 5) is 0.764. The minimum absolute atomic E-state index is 0.659. The highest BCUT2D eigenvalue weighted by molar-refractivity contribution is 7.84. The predicted octanol–water partition coefficient (Wildman–Crippen LogP) is 1.74. The van der Waals surface area contributed by atoms with E-state index in [1.165, 1.54) is 0 Å². The lowest BCUT2D eigenvalue weighted by molar-refractivity contribution is 0.687.